The first-order chi connectivity index (χ1) is 15.8. The van der Waals surface area contributed by atoms with Gasteiger partial charge in [0.05, 0.1) is 5.39 Å². The number of hydrogen-bond acceptors (Lipinski definition) is 5. The molecule has 166 valence electrons. The van der Waals surface area contributed by atoms with Crippen LogP contribution in [0.25, 0.3) is 22.3 Å². The average Bonchev–Trinajstić information content (AvgIpc) is 2.79. The minimum absolute atomic E-state index is 0.0822. The lowest BCUT2D eigenvalue weighted by molar-refractivity contribution is -0.118. The number of halogens is 1. The Balaban J connectivity index is 1.66. The van der Waals surface area contributed by atoms with Crippen LogP contribution in [-0.2, 0) is 4.79 Å². The van der Waals surface area contributed by atoms with Crippen molar-refractivity contribution in [3.63, 3.8) is 0 Å². The normalized spacial score (nSPS) is 10.8. The van der Waals surface area contributed by atoms with Crippen LogP contribution < -0.4 is 15.5 Å². The first-order valence-corrected chi connectivity index (χ1v) is 10.6. The Bertz CT molecular complexity index is 1420. The molecule has 0 aliphatic carbocycles. The van der Waals surface area contributed by atoms with Gasteiger partial charge in [-0.3, -0.25) is 14.4 Å². The highest BCUT2D eigenvalue weighted by Crippen LogP contribution is 2.32. The summed E-state index contributed by atoms with van der Waals surface area (Å²) in [6.07, 6.45) is 0. The van der Waals surface area contributed by atoms with Gasteiger partial charge in [-0.15, -0.1) is 0 Å². The Labute approximate surface area is 194 Å². The van der Waals surface area contributed by atoms with E-state index in [2.05, 4.69) is 5.32 Å². The highest BCUT2D eigenvalue weighted by Gasteiger charge is 2.19. The van der Waals surface area contributed by atoms with Crippen molar-refractivity contribution in [2.24, 2.45) is 0 Å². The molecule has 0 atom stereocenters. The van der Waals surface area contributed by atoms with Gasteiger partial charge in [-0.25, -0.2) is 0 Å². The number of carbonyl (C=O) groups is 2. The number of rotatable bonds is 6. The summed E-state index contributed by atoms with van der Waals surface area (Å²) in [7, 11) is 0. The van der Waals surface area contributed by atoms with Gasteiger partial charge in [-0.1, -0.05) is 53.6 Å². The standard InChI is InChI=1S/C26H20ClNO5/c1-15-6-8-17(9-7-15)25-26(24(31)21-13-19(27)10-11-22(21)33-25)32-14-23(30)28-20-5-3-4-18(12-20)16(2)29/h3-13H,14H2,1-2H3,(H,28,30). The second kappa shape index (κ2) is 9.30. The molecule has 0 aliphatic rings. The summed E-state index contributed by atoms with van der Waals surface area (Å²) in [6.45, 7) is 2.97. The fourth-order valence-corrected chi connectivity index (χ4v) is 3.50. The van der Waals surface area contributed by atoms with Gasteiger partial charge in [0.15, 0.2) is 18.2 Å². The van der Waals surface area contributed by atoms with Crippen LogP contribution in [-0.4, -0.2) is 18.3 Å². The quantitative estimate of drug-likeness (QED) is 0.375. The first-order valence-electron chi connectivity index (χ1n) is 10.2. The third-order valence-corrected chi connectivity index (χ3v) is 5.26. The van der Waals surface area contributed by atoms with E-state index in [9.17, 15) is 14.4 Å². The molecule has 0 aliphatic heterocycles. The van der Waals surface area contributed by atoms with Gasteiger partial charge in [0.2, 0.25) is 11.2 Å². The molecule has 7 heteroatoms. The fraction of sp³-hybridized carbons (Fsp3) is 0.115. The molecule has 33 heavy (non-hydrogen) atoms. The Hall–Kier alpha value is -3.90. The van der Waals surface area contributed by atoms with Crippen molar-refractivity contribution >= 4 is 39.9 Å². The van der Waals surface area contributed by atoms with Crippen molar-refractivity contribution in [3.8, 4) is 17.1 Å². The van der Waals surface area contributed by atoms with Crippen LogP contribution in [0.15, 0.2) is 75.9 Å². The third kappa shape index (κ3) is 4.96. The van der Waals surface area contributed by atoms with E-state index < -0.39 is 17.9 Å². The largest absolute Gasteiger partial charge is 0.476 e. The van der Waals surface area contributed by atoms with Crippen molar-refractivity contribution in [1.82, 2.24) is 0 Å². The molecular formula is C26H20ClNO5. The van der Waals surface area contributed by atoms with Crippen LogP contribution in [0.4, 0.5) is 5.69 Å². The lowest BCUT2D eigenvalue weighted by Crippen LogP contribution is -2.22. The summed E-state index contributed by atoms with van der Waals surface area (Å²) in [5.41, 5.74) is 2.54. The van der Waals surface area contributed by atoms with E-state index in [1.54, 1.807) is 36.4 Å². The Morgan fingerprint density at radius 2 is 1.79 bits per heavy atom. The van der Waals surface area contributed by atoms with Crippen LogP contribution in [0.5, 0.6) is 5.75 Å². The topological polar surface area (TPSA) is 85.6 Å². The lowest BCUT2D eigenvalue weighted by Gasteiger charge is -2.12. The molecule has 6 nitrogen and oxygen atoms in total. The van der Waals surface area contributed by atoms with Gasteiger partial charge in [0, 0.05) is 21.8 Å². The van der Waals surface area contributed by atoms with Gasteiger partial charge in [-0.05, 0) is 44.2 Å². The number of fused-ring (bicyclic) bond motifs is 1. The van der Waals surface area contributed by atoms with E-state index >= 15 is 0 Å². The molecule has 0 bridgehead atoms. The highest BCUT2D eigenvalue weighted by molar-refractivity contribution is 6.31. The Kier molecular flexibility index (Phi) is 6.29. The number of ketones is 1. The number of benzene rings is 3. The second-order valence-corrected chi connectivity index (χ2v) is 8.01. The van der Waals surface area contributed by atoms with Crippen molar-refractivity contribution in [2.45, 2.75) is 13.8 Å². The Morgan fingerprint density at radius 1 is 1.03 bits per heavy atom. The van der Waals surface area contributed by atoms with E-state index in [1.807, 2.05) is 31.2 Å². The van der Waals surface area contributed by atoms with Crippen molar-refractivity contribution in [1.29, 1.82) is 0 Å². The van der Waals surface area contributed by atoms with Gasteiger partial charge in [-0.2, -0.15) is 0 Å². The highest BCUT2D eigenvalue weighted by atomic mass is 35.5. The fourth-order valence-electron chi connectivity index (χ4n) is 3.33. The number of hydrogen-bond donors (Lipinski definition) is 1. The smallest absolute Gasteiger partial charge is 0.262 e. The summed E-state index contributed by atoms with van der Waals surface area (Å²) >= 11 is 6.06. The summed E-state index contributed by atoms with van der Waals surface area (Å²) in [5, 5.41) is 3.30. The zero-order valence-corrected chi connectivity index (χ0v) is 18.7. The van der Waals surface area contributed by atoms with E-state index in [0.29, 0.717) is 27.4 Å². The number of ether oxygens (including phenoxy) is 1. The van der Waals surface area contributed by atoms with Crippen molar-refractivity contribution < 1.29 is 18.7 Å². The molecular weight excluding hydrogens is 442 g/mol. The minimum atomic E-state index is -0.490. The monoisotopic (exact) mass is 461 g/mol. The molecule has 0 radical (unpaired) electrons. The number of carbonyl (C=O) groups excluding carboxylic acids is 2. The number of amides is 1. The number of anilines is 1. The van der Waals surface area contributed by atoms with Crippen molar-refractivity contribution in [3.05, 3.63) is 93.1 Å². The number of aryl methyl sites for hydroxylation is 1. The Morgan fingerprint density at radius 3 is 2.52 bits per heavy atom. The number of nitrogens with one attached hydrogen (secondary N) is 1. The summed E-state index contributed by atoms with van der Waals surface area (Å²) < 4.78 is 11.7. The maximum absolute atomic E-state index is 13.2. The van der Waals surface area contributed by atoms with Gasteiger partial charge in [0.25, 0.3) is 5.91 Å². The number of Topliss-reactive ketones (excluding diaryl/α,β-unsaturated/α-hetero) is 1. The van der Waals surface area contributed by atoms with Gasteiger partial charge < -0.3 is 14.5 Å². The molecule has 4 rings (SSSR count). The molecule has 0 unspecified atom stereocenters. The summed E-state index contributed by atoms with van der Waals surface area (Å²) in [6, 6.07) is 18.7. The van der Waals surface area contributed by atoms with Crippen LogP contribution in [0.1, 0.15) is 22.8 Å². The predicted octanol–water partition coefficient (Wildman–Crippen LogP) is 5.64. The molecule has 1 heterocycles. The zero-order chi connectivity index (χ0) is 23.5. The minimum Gasteiger partial charge on any atom is -0.476 e. The molecule has 3 aromatic carbocycles. The lowest BCUT2D eigenvalue weighted by atomic mass is 10.1. The summed E-state index contributed by atoms with van der Waals surface area (Å²) in [5.74, 6) is -0.462. The first kappa shape index (κ1) is 22.3. The molecule has 0 fully saturated rings. The summed E-state index contributed by atoms with van der Waals surface area (Å²) in [4.78, 5) is 37.3. The van der Waals surface area contributed by atoms with Crippen molar-refractivity contribution in [2.75, 3.05) is 11.9 Å². The maximum atomic E-state index is 13.2. The van der Waals surface area contributed by atoms with Crippen LogP contribution in [0.3, 0.4) is 0 Å². The SMILES string of the molecule is CC(=O)c1cccc(NC(=O)COc2c(-c3ccc(C)cc3)oc3ccc(Cl)cc3c2=O)c1. The predicted molar refractivity (Wildman–Crippen MR) is 128 cm³/mol. The van der Waals surface area contributed by atoms with E-state index in [0.717, 1.165) is 5.56 Å². The average molecular weight is 462 g/mol. The maximum Gasteiger partial charge on any atom is 0.262 e. The molecule has 1 amide bonds. The molecule has 4 aromatic rings. The van der Waals surface area contributed by atoms with Gasteiger partial charge in [0.1, 0.15) is 5.58 Å². The van der Waals surface area contributed by atoms with Crippen LogP contribution in [0.2, 0.25) is 5.02 Å². The van der Waals surface area contributed by atoms with Crippen LogP contribution in [0, 0.1) is 6.92 Å². The van der Waals surface area contributed by atoms with E-state index in [-0.39, 0.29) is 22.7 Å². The van der Waals surface area contributed by atoms with E-state index in [1.165, 1.54) is 13.0 Å². The molecule has 0 saturated carbocycles. The molecule has 1 N–H and O–H groups in total. The zero-order valence-electron chi connectivity index (χ0n) is 18.0. The third-order valence-electron chi connectivity index (χ3n) is 5.02. The molecule has 1 aromatic heterocycles. The second-order valence-electron chi connectivity index (χ2n) is 7.57. The molecule has 0 saturated heterocycles. The van der Waals surface area contributed by atoms with E-state index in [4.69, 9.17) is 20.8 Å². The van der Waals surface area contributed by atoms with Crippen LogP contribution >= 0.6 is 11.6 Å². The van der Waals surface area contributed by atoms with Gasteiger partial charge >= 0.3 is 0 Å². The molecule has 0 spiro atoms.